The first-order valence-electron chi connectivity index (χ1n) is 13.6. The maximum absolute atomic E-state index is 16.0. The molecule has 4 fully saturated rings. The number of hydrogen-bond acceptors (Lipinski definition) is 2. The second kappa shape index (κ2) is 8.57. The van der Waals surface area contributed by atoms with Gasteiger partial charge in [0.25, 0.3) is 0 Å². The molecule has 180 valence electrons. The van der Waals surface area contributed by atoms with Crippen LogP contribution in [0, 0.1) is 46.3 Å². The van der Waals surface area contributed by atoms with E-state index >= 15 is 4.39 Å². The molecule has 2 nitrogen and oxygen atoms in total. The summed E-state index contributed by atoms with van der Waals surface area (Å²) in [5.74, 6) is 2.54. The molecule has 0 bridgehead atoms. The Morgan fingerprint density at radius 1 is 1.00 bits per heavy atom. The van der Waals surface area contributed by atoms with Crippen molar-refractivity contribution in [2.45, 2.75) is 130 Å². The van der Waals surface area contributed by atoms with Gasteiger partial charge >= 0.3 is 0 Å². The smallest absolute Gasteiger partial charge is 0.103 e. The van der Waals surface area contributed by atoms with Gasteiger partial charge in [-0.2, -0.15) is 0 Å². The van der Waals surface area contributed by atoms with Gasteiger partial charge in [0.05, 0.1) is 11.7 Å². The lowest BCUT2D eigenvalue weighted by Gasteiger charge is -2.64. The number of hydrogen-bond donors (Lipinski definition) is 2. The van der Waals surface area contributed by atoms with Crippen LogP contribution >= 0.6 is 0 Å². The van der Waals surface area contributed by atoms with Crippen LogP contribution in [0.4, 0.5) is 4.39 Å². The zero-order valence-electron chi connectivity index (χ0n) is 20.9. The predicted octanol–water partition coefficient (Wildman–Crippen LogP) is 6.92. The molecule has 10 atom stereocenters. The van der Waals surface area contributed by atoms with Crippen molar-refractivity contribution in [2.24, 2.45) is 46.3 Å². The van der Waals surface area contributed by atoms with Crippen molar-refractivity contribution in [3.05, 3.63) is 0 Å². The Morgan fingerprint density at radius 2 is 1.74 bits per heavy atom. The molecule has 0 saturated heterocycles. The average Bonchev–Trinajstić information content (AvgIpc) is 3.13. The molecule has 31 heavy (non-hydrogen) atoms. The number of aliphatic hydroxyl groups is 2. The van der Waals surface area contributed by atoms with Gasteiger partial charge in [-0.1, -0.05) is 41.0 Å². The lowest BCUT2D eigenvalue weighted by molar-refractivity contribution is -0.177. The fraction of sp³-hybridized carbons (Fsp3) is 1.00. The molecule has 0 aromatic heterocycles. The third-order valence-corrected chi connectivity index (χ3v) is 11.3. The monoisotopic (exact) mass is 436 g/mol. The van der Waals surface area contributed by atoms with Gasteiger partial charge in [-0.05, 0) is 117 Å². The molecular weight excluding hydrogens is 387 g/mol. The Balaban J connectivity index is 1.62. The van der Waals surface area contributed by atoms with E-state index < -0.39 is 17.9 Å². The van der Waals surface area contributed by atoms with Crippen LogP contribution in [0.1, 0.15) is 112 Å². The first-order chi connectivity index (χ1) is 14.5. The van der Waals surface area contributed by atoms with Crippen LogP contribution in [0.15, 0.2) is 0 Å². The summed E-state index contributed by atoms with van der Waals surface area (Å²) in [6, 6.07) is 0. The summed E-state index contributed by atoms with van der Waals surface area (Å²) in [6.07, 6.45) is 11.0. The van der Waals surface area contributed by atoms with Crippen LogP contribution in [0.5, 0.6) is 0 Å². The van der Waals surface area contributed by atoms with E-state index in [0.29, 0.717) is 41.9 Å². The van der Waals surface area contributed by atoms with E-state index in [1.165, 1.54) is 32.1 Å². The van der Waals surface area contributed by atoms with Crippen LogP contribution in [0.25, 0.3) is 0 Å². The lowest BCUT2D eigenvalue weighted by Crippen LogP contribution is -2.59. The molecule has 0 aliphatic heterocycles. The van der Waals surface area contributed by atoms with E-state index in [-0.39, 0.29) is 17.3 Å². The summed E-state index contributed by atoms with van der Waals surface area (Å²) in [5.41, 5.74) is 0.139. The summed E-state index contributed by atoms with van der Waals surface area (Å²) in [6.45, 7) is 11.2. The minimum atomic E-state index is -0.815. The maximum atomic E-state index is 16.0. The van der Waals surface area contributed by atoms with Gasteiger partial charge in [-0.25, -0.2) is 4.39 Å². The van der Waals surface area contributed by atoms with Gasteiger partial charge in [0.2, 0.25) is 0 Å². The molecular formula is C28H49FO2. The zero-order chi connectivity index (χ0) is 22.6. The fourth-order valence-corrected chi connectivity index (χ4v) is 8.97. The average molecular weight is 437 g/mol. The Labute approximate surface area is 190 Å². The topological polar surface area (TPSA) is 40.5 Å². The molecule has 0 amide bonds. The van der Waals surface area contributed by atoms with Crippen LogP contribution < -0.4 is 0 Å². The fourth-order valence-electron chi connectivity index (χ4n) is 8.97. The van der Waals surface area contributed by atoms with Crippen molar-refractivity contribution < 1.29 is 14.6 Å². The van der Waals surface area contributed by atoms with Crippen molar-refractivity contribution in [1.29, 1.82) is 0 Å². The summed E-state index contributed by atoms with van der Waals surface area (Å²) < 4.78 is 16.0. The van der Waals surface area contributed by atoms with Crippen LogP contribution in [-0.2, 0) is 0 Å². The highest BCUT2D eigenvalue weighted by Gasteiger charge is 2.62. The highest BCUT2D eigenvalue weighted by molar-refractivity contribution is 5.11. The van der Waals surface area contributed by atoms with E-state index in [4.69, 9.17) is 0 Å². The van der Waals surface area contributed by atoms with E-state index in [2.05, 4.69) is 20.8 Å². The normalized spacial score (nSPS) is 49.3. The van der Waals surface area contributed by atoms with Gasteiger partial charge in [0, 0.05) is 0 Å². The first kappa shape index (κ1) is 24.0. The van der Waals surface area contributed by atoms with Crippen LogP contribution in [0.2, 0.25) is 0 Å². The molecule has 0 heterocycles. The molecule has 0 aromatic carbocycles. The lowest BCUT2D eigenvalue weighted by atomic mass is 9.41. The Kier molecular flexibility index (Phi) is 6.63. The number of rotatable bonds is 6. The molecule has 0 spiro atoms. The molecule has 0 aromatic rings. The highest BCUT2D eigenvalue weighted by atomic mass is 19.1. The summed E-state index contributed by atoms with van der Waals surface area (Å²) >= 11 is 0. The molecule has 4 rings (SSSR count). The number of fused-ring (bicyclic) bond motifs is 5. The second-order valence-electron chi connectivity index (χ2n) is 13.2. The zero-order valence-corrected chi connectivity index (χ0v) is 20.9. The van der Waals surface area contributed by atoms with Crippen molar-refractivity contribution in [1.82, 2.24) is 0 Å². The van der Waals surface area contributed by atoms with Crippen molar-refractivity contribution in [2.75, 3.05) is 0 Å². The van der Waals surface area contributed by atoms with Crippen molar-refractivity contribution in [3.63, 3.8) is 0 Å². The van der Waals surface area contributed by atoms with Crippen molar-refractivity contribution in [3.8, 4) is 0 Å². The quantitative estimate of drug-likeness (QED) is 0.474. The van der Waals surface area contributed by atoms with E-state index in [0.717, 1.165) is 32.1 Å². The van der Waals surface area contributed by atoms with E-state index in [1.54, 1.807) is 0 Å². The van der Waals surface area contributed by atoms with E-state index in [9.17, 15) is 10.2 Å². The standard InChI is InChI=1S/C28H49FO2/c1-6-28(31)15-14-27(5)19(17-28)16-20(23(29)9-10-24(30)18(2)3)25-21-8-7-12-26(21,4)13-11-22(25)27/h18-25,30-31H,6-17H2,1-5H3/t19-,20?,21-,22-,23+,24-,25+,26-,27-,28-/m0/s1. The summed E-state index contributed by atoms with van der Waals surface area (Å²) in [7, 11) is 0. The van der Waals surface area contributed by atoms with Gasteiger partial charge in [-0.3, -0.25) is 0 Å². The Morgan fingerprint density at radius 3 is 2.42 bits per heavy atom. The number of halogens is 1. The minimum Gasteiger partial charge on any atom is -0.393 e. The third-order valence-electron chi connectivity index (χ3n) is 11.3. The number of alkyl halides is 1. The Hall–Kier alpha value is -0.150. The maximum Gasteiger partial charge on any atom is 0.103 e. The molecule has 3 heteroatoms. The summed E-state index contributed by atoms with van der Waals surface area (Å²) in [4.78, 5) is 0. The summed E-state index contributed by atoms with van der Waals surface area (Å²) in [5, 5.41) is 21.5. The molecule has 4 aliphatic rings. The molecule has 4 saturated carbocycles. The SMILES string of the molecule is CC[C@]1(O)CC[C@@]2(C)[C@@H](CC([C@H](F)CC[C@H](O)C(C)C)[C@@H]3[C@@H]4CCC[C@@]4(C)CC[C@@H]32)C1. The van der Waals surface area contributed by atoms with Gasteiger partial charge in [0.15, 0.2) is 0 Å². The van der Waals surface area contributed by atoms with Gasteiger partial charge in [0.1, 0.15) is 6.17 Å². The molecule has 0 radical (unpaired) electrons. The minimum absolute atomic E-state index is 0.115. The highest BCUT2D eigenvalue weighted by Crippen LogP contribution is 2.69. The van der Waals surface area contributed by atoms with Gasteiger partial charge in [-0.15, -0.1) is 0 Å². The second-order valence-corrected chi connectivity index (χ2v) is 13.2. The van der Waals surface area contributed by atoms with Crippen LogP contribution in [-0.4, -0.2) is 28.1 Å². The van der Waals surface area contributed by atoms with Crippen LogP contribution in [0.3, 0.4) is 0 Å². The largest absolute Gasteiger partial charge is 0.393 e. The van der Waals surface area contributed by atoms with Crippen molar-refractivity contribution >= 4 is 0 Å². The van der Waals surface area contributed by atoms with E-state index in [1.807, 2.05) is 13.8 Å². The molecule has 4 aliphatic carbocycles. The number of aliphatic hydroxyl groups excluding tert-OH is 1. The third kappa shape index (κ3) is 4.13. The predicted molar refractivity (Wildman–Crippen MR) is 125 cm³/mol. The molecule has 1 unspecified atom stereocenters. The first-order valence-corrected chi connectivity index (χ1v) is 13.6. The molecule has 2 N–H and O–H groups in total. The van der Waals surface area contributed by atoms with Gasteiger partial charge < -0.3 is 10.2 Å². The Bertz CT molecular complexity index is 637.